The average Bonchev–Trinajstić information content (AvgIpc) is 2.80. The maximum absolute atomic E-state index is 12.9. The van der Waals surface area contributed by atoms with Crippen LogP contribution in [0.1, 0.15) is 11.1 Å². The van der Waals surface area contributed by atoms with Crippen molar-refractivity contribution in [3.05, 3.63) is 83.9 Å². The van der Waals surface area contributed by atoms with Crippen LogP contribution < -0.4 is 19.1 Å². The third-order valence-electron chi connectivity index (χ3n) is 4.36. The standard InChI is InChI=1S/C23H22N2O6S/c1-29-19-12-13-21(30-2)22(15-19)32(27,28)31-20-11-7-6-10-18(20)16-24-25-23(26)14-17-8-4-3-5-9-17/h3-13,15-16H,14H2,1-2H3,(H,25,26)/b24-16+. The molecule has 3 rings (SSSR count). The van der Waals surface area contributed by atoms with Gasteiger partial charge in [-0.05, 0) is 29.8 Å². The van der Waals surface area contributed by atoms with Crippen LogP contribution in [0.5, 0.6) is 17.2 Å². The van der Waals surface area contributed by atoms with E-state index in [-0.39, 0.29) is 28.7 Å². The molecule has 0 spiro atoms. The minimum atomic E-state index is -4.25. The number of ether oxygens (including phenoxy) is 2. The van der Waals surface area contributed by atoms with Gasteiger partial charge in [-0.2, -0.15) is 13.5 Å². The van der Waals surface area contributed by atoms with E-state index < -0.39 is 10.1 Å². The molecule has 0 aliphatic rings. The second kappa shape index (κ2) is 10.5. The first kappa shape index (κ1) is 22.8. The summed E-state index contributed by atoms with van der Waals surface area (Å²) < 4.78 is 41.4. The van der Waals surface area contributed by atoms with Gasteiger partial charge in [0.1, 0.15) is 11.5 Å². The number of nitrogens with one attached hydrogen (secondary N) is 1. The summed E-state index contributed by atoms with van der Waals surface area (Å²) in [6.45, 7) is 0. The Kier molecular flexibility index (Phi) is 7.45. The third kappa shape index (κ3) is 5.86. The zero-order valence-corrected chi connectivity index (χ0v) is 18.3. The van der Waals surface area contributed by atoms with Gasteiger partial charge in [-0.3, -0.25) is 4.79 Å². The molecule has 0 saturated carbocycles. The van der Waals surface area contributed by atoms with Gasteiger partial charge in [0.05, 0.1) is 26.9 Å². The molecule has 0 heterocycles. The number of rotatable bonds is 9. The minimum Gasteiger partial charge on any atom is -0.497 e. The first-order valence-corrected chi connectivity index (χ1v) is 10.9. The summed E-state index contributed by atoms with van der Waals surface area (Å²) in [6, 6.07) is 20.0. The van der Waals surface area contributed by atoms with Crippen LogP contribution in [0.4, 0.5) is 0 Å². The molecule has 0 fully saturated rings. The van der Waals surface area contributed by atoms with E-state index in [4.69, 9.17) is 13.7 Å². The molecule has 8 nitrogen and oxygen atoms in total. The van der Waals surface area contributed by atoms with Gasteiger partial charge in [-0.1, -0.05) is 42.5 Å². The number of para-hydroxylation sites is 1. The molecule has 1 N–H and O–H groups in total. The number of hydrogen-bond acceptors (Lipinski definition) is 7. The number of benzene rings is 3. The lowest BCUT2D eigenvalue weighted by molar-refractivity contribution is -0.120. The van der Waals surface area contributed by atoms with Crippen LogP contribution in [0.25, 0.3) is 0 Å². The van der Waals surface area contributed by atoms with Crippen molar-refractivity contribution in [3.63, 3.8) is 0 Å². The summed E-state index contributed by atoms with van der Waals surface area (Å²) in [5, 5.41) is 3.92. The monoisotopic (exact) mass is 454 g/mol. The molecule has 32 heavy (non-hydrogen) atoms. The van der Waals surface area contributed by atoms with E-state index in [9.17, 15) is 13.2 Å². The van der Waals surface area contributed by atoms with Gasteiger partial charge in [-0.15, -0.1) is 0 Å². The molecule has 0 saturated heterocycles. The molecule has 0 aliphatic carbocycles. The van der Waals surface area contributed by atoms with Crippen LogP contribution in [0.3, 0.4) is 0 Å². The Bertz CT molecular complexity index is 1210. The van der Waals surface area contributed by atoms with E-state index in [2.05, 4.69) is 10.5 Å². The van der Waals surface area contributed by atoms with Crippen LogP contribution in [-0.4, -0.2) is 34.8 Å². The highest BCUT2D eigenvalue weighted by molar-refractivity contribution is 7.87. The van der Waals surface area contributed by atoms with E-state index >= 15 is 0 Å². The fraction of sp³-hybridized carbons (Fsp3) is 0.130. The zero-order chi connectivity index (χ0) is 23.0. The Hall–Kier alpha value is -3.85. The molecule has 9 heteroatoms. The maximum Gasteiger partial charge on any atom is 0.343 e. The van der Waals surface area contributed by atoms with Gasteiger partial charge >= 0.3 is 10.1 Å². The van der Waals surface area contributed by atoms with E-state index in [0.717, 1.165) is 5.56 Å². The minimum absolute atomic E-state index is 0.0402. The smallest absolute Gasteiger partial charge is 0.343 e. The summed E-state index contributed by atoms with van der Waals surface area (Å²) in [5.41, 5.74) is 3.63. The summed E-state index contributed by atoms with van der Waals surface area (Å²) in [4.78, 5) is 11.9. The normalized spacial score (nSPS) is 11.2. The Labute approximate surface area is 186 Å². The molecule has 1 amide bonds. The van der Waals surface area contributed by atoms with Crippen LogP contribution in [-0.2, 0) is 21.3 Å². The highest BCUT2D eigenvalue weighted by Crippen LogP contribution is 2.31. The number of carbonyl (C=O) groups excluding carboxylic acids is 1. The summed E-state index contributed by atoms with van der Waals surface area (Å²) in [5.74, 6) is 0.187. The fourth-order valence-corrected chi connectivity index (χ4v) is 3.94. The molecule has 0 bridgehead atoms. The number of nitrogens with zero attached hydrogens (tertiary/aromatic N) is 1. The molecule has 3 aromatic rings. The van der Waals surface area contributed by atoms with E-state index in [1.807, 2.05) is 30.3 Å². The quantitative estimate of drug-likeness (QED) is 0.303. The molecule has 0 radical (unpaired) electrons. The number of amides is 1. The number of carbonyl (C=O) groups is 1. The Morgan fingerprint density at radius 1 is 0.938 bits per heavy atom. The molecular weight excluding hydrogens is 432 g/mol. The molecular formula is C23H22N2O6S. The van der Waals surface area contributed by atoms with Gasteiger partial charge < -0.3 is 13.7 Å². The van der Waals surface area contributed by atoms with E-state index in [1.54, 1.807) is 24.3 Å². The van der Waals surface area contributed by atoms with Crippen molar-refractivity contribution in [2.75, 3.05) is 14.2 Å². The van der Waals surface area contributed by atoms with Crippen molar-refractivity contribution in [1.29, 1.82) is 0 Å². The van der Waals surface area contributed by atoms with Crippen molar-refractivity contribution in [2.24, 2.45) is 5.10 Å². The number of hydrazone groups is 1. The van der Waals surface area contributed by atoms with Crippen molar-refractivity contribution in [1.82, 2.24) is 5.43 Å². The number of hydrogen-bond donors (Lipinski definition) is 1. The highest BCUT2D eigenvalue weighted by atomic mass is 32.2. The average molecular weight is 455 g/mol. The predicted molar refractivity (Wildman–Crippen MR) is 120 cm³/mol. The van der Waals surface area contributed by atoms with E-state index in [1.165, 1.54) is 38.6 Å². The molecule has 0 atom stereocenters. The number of methoxy groups -OCH3 is 2. The van der Waals surface area contributed by atoms with Crippen molar-refractivity contribution >= 4 is 22.2 Å². The van der Waals surface area contributed by atoms with Crippen LogP contribution in [0, 0.1) is 0 Å². The second-order valence-corrected chi connectivity index (χ2v) is 8.06. The lowest BCUT2D eigenvalue weighted by atomic mass is 10.1. The van der Waals surface area contributed by atoms with Gasteiger partial charge in [0.15, 0.2) is 10.6 Å². The summed E-state index contributed by atoms with van der Waals surface area (Å²) >= 11 is 0. The van der Waals surface area contributed by atoms with Crippen molar-refractivity contribution < 1.29 is 26.9 Å². The van der Waals surface area contributed by atoms with E-state index in [0.29, 0.717) is 11.3 Å². The topological polar surface area (TPSA) is 103 Å². The maximum atomic E-state index is 12.9. The SMILES string of the molecule is COc1ccc(OC)c(S(=O)(=O)Oc2ccccc2/C=N/NC(=O)Cc2ccccc2)c1. The largest absolute Gasteiger partial charge is 0.497 e. The first-order chi connectivity index (χ1) is 15.4. The van der Waals surface area contributed by atoms with Gasteiger partial charge in [-0.25, -0.2) is 5.43 Å². The summed E-state index contributed by atoms with van der Waals surface area (Å²) in [7, 11) is -1.46. The van der Waals surface area contributed by atoms with Gasteiger partial charge in [0.2, 0.25) is 5.91 Å². The van der Waals surface area contributed by atoms with Crippen molar-refractivity contribution in [2.45, 2.75) is 11.3 Å². The molecule has 3 aromatic carbocycles. The Morgan fingerprint density at radius 3 is 2.38 bits per heavy atom. The molecule has 0 aliphatic heterocycles. The van der Waals surface area contributed by atoms with Crippen LogP contribution >= 0.6 is 0 Å². The highest BCUT2D eigenvalue weighted by Gasteiger charge is 2.24. The fourth-order valence-electron chi connectivity index (χ4n) is 2.80. The van der Waals surface area contributed by atoms with Crippen LogP contribution in [0.15, 0.2) is 82.8 Å². The molecule has 166 valence electrons. The predicted octanol–water partition coefficient (Wildman–Crippen LogP) is 3.16. The Morgan fingerprint density at radius 2 is 1.66 bits per heavy atom. The molecule has 0 unspecified atom stereocenters. The lowest BCUT2D eigenvalue weighted by Gasteiger charge is -2.13. The molecule has 0 aromatic heterocycles. The van der Waals surface area contributed by atoms with Crippen LogP contribution in [0.2, 0.25) is 0 Å². The second-order valence-electron chi connectivity index (χ2n) is 6.55. The zero-order valence-electron chi connectivity index (χ0n) is 17.5. The van der Waals surface area contributed by atoms with Crippen molar-refractivity contribution in [3.8, 4) is 17.2 Å². The first-order valence-electron chi connectivity index (χ1n) is 9.54. The Balaban J connectivity index is 1.76. The third-order valence-corrected chi connectivity index (χ3v) is 5.62. The van der Waals surface area contributed by atoms with Gasteiger partial charge in [0, 0.05) is 11.6 Å². The summed E-state index contributed by atoms with van der Waals surface area (Å²) in [6.07, 6.45) is 1.48. The lowest BCUT2D eigenvalue weighted by Crippen LogP contribution is -2.19. The van der Waals surface area contributed by atoms with Gasteiger partial charge in [0.25, 0.3) is 0 Å².